The van der Waals surface area contributed by atoms with E-state index in [4.69, 9.17) is 4.74 Å². The predicted molar refractivity (Wildman–Crippen MR) is 247 cm³/mol. The molecule has 1 saturated heterocycles. The zero-order valence-electron chi connectivity index (χ0n) is 39.7. The van der Waals surface area contributed by atoms with Gasteiger partial charge in [0.05, 0.1) is 0 Å². The van der Waals surface area contributed by atoms with Crippen LogP contribution in [-0.4, -0.2) is 13.2 Å². The molecule has 0 aromatic heterocycles. The van der Waals surface area contributed by atoms with Crippen molar-refractivity contribution in [2.24, 2.45) is 11.8 Å². The molecule has 0 saturated carbocycles. The molecule has 1 aliphatic heterocycles. The van der Waals surface area contributed by atoms with Crippen LogP contribution < -0.4 is 0 Å². The van der Waals surface area contributed by atoms with Gasteiger partial charge in [-0.05, 0) is 51.9 Å². The molecule has 0 radical (unpaired) electrons. The normalized spacial score (nSPS) is 10.7. The average Bonchev–Trinajstić information content (AvgIpc) is 3.73. The maximum absolute atomic E-state index is 4.94. The SMILES string of the molecule is C1CCOC1.C=CCCC.CC=C(C)C.CCC(C)CC.CCCC(C)C.CCCCCCC.CCCCCCCC.CCCCCCCCC. The minimum atomic E-state index is 0.898. The highest BCUT2D eigenvalue weighted by Gasteiger charge is 1.95. The van der Waals surface area contributed by atoms with Crippen LogP contribution in [0, 0.1) is 11.8 Å². The van der Waals surface area contributed by atoms with Crippen LogP contribution in [0.2, 0.25) is 0 Å². The number of rotatable bonds is 21. The van der Waals surface area contributed by atoms with Crippen LogP contribution in [0.15, 0.2) is 24.3 Å². The lowest BCUT2D eigenvalue weighted by Gasteiger charge is -1.98. The number of hydrogen-bond acceptors (Lipinski definition) is 1. The minimum Gasteiger partial charge on any atom is -0.381 e. The van der Waals surface area contributed by atoms with E-state index >= 15 is 0 Å². The Morgan fingerprint density at radius 1 is 0.510 bits per heavy atom. The third kappa shape index (κ3) is 120. The van der Waals surface area contributed by atoms with E-state index in [1.54, 1.807) is 0 Å². The summed E-state index contributed by atoms with van der Waals surface area (Å²) in [6.45, 7) is 40.9. The molecule has 1 rings (SSSR count). The first-order valence-corrected chi connectivity index (χ1v) is 23.3. The highest BCUT2D eigenvalue weighted by atomic mass is 16.5. The fourth-order valence-electron chi connectivity index (χ4n) is 4.14. The van der Waals surface area contributed by atoms with E-state index in [9.17, 15) is 0 Å². The molecule has 51 heavy (non-hydrogen) atoms. The molecule has 0 aromatic carbocycles. The first kappa shape index (κ1) is 65.3. The molecule has 0 amide bonds. The second-order valence-corrected chi connectivity index (χ2v) is 15.1. The third-order valence-corrected chi connectivity index (χ3v) is 8.53. The van der Waals surface area contributed by atoms with E-state index in [0.29, 0.717) is 0 Å². The van der Waals surface area contributed by atoms with Crippen molar-refractivity contribution in [1.82, 2.24) is 0 Å². The van der Waals surface area contributed by atoms with Gasteiger partial charge in [0.15, 0.2) is 0 Å². The molecule has 316 valence electrons. The van der Waals surface area contributed by atoms with Gasteiger partial charge >= 0.3 is 0 Å². The molecule has 0 atom stereocenters. The van der Waals surface area contributed by atoms with Crippen molar-refractivity contribution >= 4 is 0 Å². The van der Waals surface area contributed by atoms with Gasteiger partial charge in [0.2, 0.25) is 0 Å². The number of unbranched alkanes of at least 4 members (excludes halogenated alkanes) is 16. The first-order chi connectivity index (χ1) is 24.5. The zero-order valence-corrected chi connectivity index (χ0v) is 39.7. The molecule has 1 aliphatic rings. The summed E-state index contributed by atoms with van der Waals surface area (Å²) in [5.41, 5.74) is 1.38. The van der Waals surface area contributed by atoms with Crippen molar-refractivity contribution in [3.63, 3.8) is 0 Å². The van der Waals surface area contributed by atoms with Crippen molar-refractivity contribution in [3.8, 4) is 0 Å². The molecule has 0 spiro atoms. The molecule has 1 nitrogen and oxygen atoms in total. The highest BCUT2D eigenvalue weighted by molar-refractivity contribution is 4.88. The second-order valence-electron chi connectivity index (χ2n) is 15.1. The molecule has 1 fully saturated rings. The quantitative estimate of drug-likeness (QED) is 0.0845. The van der Waals surface area contributed by atoms with Crippen LogP contribution >= 0.6 is 0 Å². The Kier molecular flexibility index (Phi) is 95.5. The predicted octanol–water partition coefficient (Wildman–Crippen LogP) is 19.7. The number of ether oxygens (including phenoxy) is 1. The molecule has 0 aromatic rings. The smallest absolute Gasteiger partial charge is 0.0466 e. The van der Waals surface area contributed by atoms with Crippen LogP contribution in [-0.2, 0) is 4.74 Å². The maximum atomic E-state index is 4.94. The van der Waals surface area contributed by atoms with E-state index < -0.39 is 0 Å². The van der Waals surface area contributed by atoms with E-state index in [-0.39, 0.29) is 0 Å². The molecule has 0 aliphatic carbocycles. The van der Waals surface area contributed by atoms with Gasteiger partial charge in [0.1, 0.15) is 0 Å². The summed E-state index contributed by atoms with van der Waals surface area (Å²) in [6, 6.07) is 0. The molecule has 0 N–H and O–H groups in total. The molecular formula is C50H110O. The van der Waals surface area contributed by atoms with Gasteiger partial charge in [-0.3, -0.25) is 0 Å². The second kappa shape index (κ2) is 74.6. The monoisotopic (exact) mass is 727 g/mol. The van der Waals surface area contributed by atoms with Gasteiger partial charge in [-0.25, -0.2) is 0 Å². The lowest BCUT2D eigenvalue weighted by Crippen LogP contribution is -1.85. The Hall–Kier alpha value is -0.560. The zero-order chi connectivity index (χ0) is 40.7. The van der Waals surface area contributed by atoms with Crippen molar-refractivity contribution in [3.05, 3.63) is 24.3 Å². The largest absolute Gasteiger partial charge is 0.381 e. The van der Waals surface area contributed by atoms with E-state index in [1.807, 2.05) is 13.0 Å². The first-order valence-electron chi connectivity index (χ1n) is 23.3. The maximum Gasteiger partial charge on any atom is 0.0466 e. The van der Waals surface area contributed by atoms with Gasteiger partial charge < -0.3 is 4.74 Å². The lowest BCUT2D eigenvalue weighted by molar-refractivity contribution is 0.198. The third-order valence-electron chi connectivity index (χ3n) is 8.53. The van der Waals surface area contributed by atoms with Crippen LogP contribution in [0.5, 0.6) is 0 Å². The van der Waals surface area contributed by atoms with Crippen LogP contribution in [0.3, 0.4) is 0 Å². The fraction of sp³-hybridized carbons (Fsp3) is 0.920. The number of allylic oxidation sites excluding steroid dienone is 3. The molecule has 0 unspecified atom stereocenters. The van der Waals surface area contributed by atoms with E-state index in [2.05, 4.69) is 117 Å². The lowest BCUT2D eigenvalue weighted by atomic mass is 10.1. The van der Waals surface area contributed by atoms with Crippen molar-refractivity contribution in [2.45, 2.75) is 278 Å². The molecule has 0 bridgehead atoms. The Labute approximate surface area is 330 Å². The number of hydrogen-bond donors (Lipinski definition) is 0. The summed E-state index contributed by atoms with van der Waals surface area (Å²) >= 11 is 0. The summed E-state index contributed by atoms with van der Waals surface area (Å²) in [7, 11) is 0. The molecule has 1 heterocycles. The Balaban J connectivity index is -0.0000000875. The highest BCUT2D eigenvalue weighted by Crippen LogP contribution is 2.06. The van der Waals surface area contributed by atoms with Crippen LogP contribution in [0.1, 0.15) is 278 Å². The average molecular weight is 727 g/mol. The fourth-order valence-corrected chi connectivity index (χ4v) is 4.14. The topological polar surface area (TPSA) is 9.23 Å². The summed E-state index contributed by atoms with van der Waals surface area (Å²) in [5.74, 6) is 1.83. The van der Waals surface area contributed by atoms with Crippen molar-refractivity contribution in [2.75, 3.05) is 13.2 Å². The van der Waals surface area contributed by atoms with E-state index in [1.165, 1.54) is 166 Å². The summed E-state index contributed by atoms with van der Waals surface area (Å²) in [5, 5.41) is 0. The van der Waals surface area contributed by atoms with Crippen LogP contribution in [0.25, 0.3) is 0 Å². The Morgan fingerprint density at radius 2 is 0.804 bits per heavy atom. The molecular weight excluding hydrogens is 617 g/mol. The van der Waals surface area contributed by atoms with Gasteiger partial charge in [-0.2, -0.15) is 0 Å². The van der Waals surface area contributed by atoms with Gasteiger partial charge in [-0.15, -0.1) is 6.58 Å². The van der Waals surface area contributed by atoms with Crippen molar-refractivity contribution < 1.29 is 4.74 Å². The Morgan fingerprint density at radius 3 is 0.902 bits per heavy atom. The minimum absolute atomic E-state index is 0.898. The van der Waals surface area contributed by atoms with E-state index in [0.717, 1.165) is 31.5 Å². The standard InChI is InChI=1S/C9H20.C8H18.C7H16.2C6H14.2C5H10.C4H8O/c1-3-5-7-9-8-6-4-2;1-3-5-7-8-6-4-2;1-3-5-7-6-4-2;1-4-5-6(2)3;1-4-6(3)5-2;1-4-5(2)3;1-3-5-4-2;1-2-4-5-3-1/h3-9H2,1-2H3;3-8H2,1-2H3;3-7H2,1-2H3;2*6H,4-5H2,1-3H3;4H,1-3H3;3H,1,4-5H2,2H3;1-4H2. The van der Waals surface area contributed by atoms with Gasteiger partial charge in [-0.1, -0.05) is 255 Å². The summed E-state index contributed by atoms with van der Waals surface area (Å²) < 4.78 is 4.94. The van der Waals surface area contributed by atoms with Gasteiger partial charge in [0, 0.05) is 13.2 Å². The summed E-state index contributed by atoms with van der Waals surface area (Å²) in [4.78, 5) is 0. The summed E-state index contributed by atoms with van der Waals surface area (Å²) in [6.07, 6.45) is 39.8. The Bertz CT molecular complexity index is 470. The van der Waals surface area contributed by atoms with Crippen molar-refractivity contribution in [1.29, 1.82) is 0 Å². The van der Waals surface area contributed by atoms with Gasteiger partial charge in [0.25, 0.3) is 0 Å². The van der Waals surface area contributed by atoms with Crippen LogP contribution in [0.4, 0.5) is 0 Å². The molecule has 1 heteroatoms.